The molecule has 28 heavy (non-hydrogen) atoms. The average Bonchev–Trinajstić information content (AvgIpc) is 3.03. The molecule has 1 aromatic carbocycles. The number of likely N-dealkylation sites (N-methyl/N-ethyl adjacent to an activating group) is 1. The Morgan fingerprint density at radius 3 is 2.71 bits per heavy atom. The lowest BCUT2D eigenvalue weighted by Gasteiger charge is -2.26. The molecule has 6 nitrogen and oxygen atoms in total. The van der Waals surface area contributed by atoms with Crippen molar-refractivity contribution in [3.63, 3.8) is 0 Å². The zero-order chi connectivity index (χ0) is 20.6. The van der Waals surface area contributed by atoms with Crippen LogP contribution in [0.1, 0.15) is 31.0 Å². The summed E-state index contributed by atoms with van der Waals surface area (Å²) in [6.07, 6.45) is -0.628. The van der Waals surface area contributed by atoms with Crippen LogP contribution in [0.2, 0.25) is 5.02 Å². The van der Waals surface area contributed by atoms with Crippen LogP contribution >= 0.6 is 11.6 Å². The molecule has 1 atom stereocenters. The Kier molecular flexibility index (Phi) is 5.56. The molecule has 3 rings (SSSR count). The molecule has 8 heteroatoms. The summed E-state index contributed by atoms with van der Waals surface area (Å²) in [4.78, 5) is 32.4. The van der Waals surface area contributed by atoms with Gasteiger partial charge in [0.1, 0.15) is 18.2 Å². The van der Waals surface area contributed by atoms with Gasteiger partial charge in [0.15, 0.2) is 6.04 Å². The molecule has 0 bridgehead atoms. The molecular weight excluding hydrogens is 385 g/mol. The van der Waals surface area contributed by atoms with Gasteiger partial charge in [0.2, 0.25) is 0 Å². The molecule has 2 amide bonds. The van der Waals surface area contributed by atoms with Gasteiger partial charge >= 0.3 is 6.09 Å². The highest BCUT2D eigenvalue weighted by atomic mass is 35.5. The molecule has 2 heterocycles. The van der Waals surface area contributed by atoms with Crippen molar-refractivity contribution in [2.24, 2.45) is 0 Å². The second-order valence-electron chi connectivity index (χ2n) is 7.01. The van der Waals surface area contributed by atoms with E-state index in [1.807, 2.05) is 26.8 Å². The summed E-state index contributed by atoms with van der Waals surface area (Å²) < 4.78 is 18.6. The van der Waals surface area contributed by atoms with Crippen LogP contribution in [-0.2, 0) is 9.53 Å². The van der Waals surface area contributed by atoms with E-state index in [0.29, 0.717) is 11.5 Å². The van der Waals surface area contributed by atoms with Crippen LogP contribution < -0.4 is 9.80 Å². The highest BCUT2D eigenvalue weighted by Crippen LogP contribution is 2.28. The van der Waals surface area contributed by atoms with E-state index in [-0.39, 0.29) is 23.5 Å². The van der Waals surface area contributed by atoms with Gasteiger partial charge in [-0.05, 0) is 48.7 Å². The molecule has 1 aliphatic heterocycles. The van der Waals surface area contributed by atoms with Crippen molar-refractivity contribution in [3.8, 4) is 0 Å². The molecular formula is C20H21ClFN3O3. The molecule has 1 unspecified atom stereocenters. The SMILES string of the molecule is Cc1cc(C(C)C)cc(N2C(=O)OCC2C(=O)N(C)c2ccc(F)c(Cl)c2)n1. The maximum atomic E-state index is 13.4. The Labute approximate surface area is 167 Å². The molecule has 1 aromatic heterocycles. The number of hydrogen-bond donors (Lipinski definition) is 0. The van der Waals surface area contributed by atoms with Crippen LogP contribution in [0, 0.1) is 12.7 Å². The van der Waals surface area contributed by atoms with E-state index in [4.69, 9.17) is 16.3 Å². The number of nitrogens with zero attached hydrogens (tertiary/aromatic N) is 3. The van der Waals surface area contributed by atoms with E-state index in [1.165, 1.54) is 35.0 Å². The maximum Gasteiger partial charge on any atom is 0.416 e. The van der Waals surface area contributed by atoms with Crippen LogP contribution in [0.3, 0.4) is 0 Å². The summed E-state index contributed by atoms with van der Waals surface area (Å²) in [6, 6.07) is 6.85. The fourth-order valence-electron chi connectivity index (χ4n) is 3.03. The number of carbonyl (C=O) groups is 2. The number of aromatic nitrogens is 1. The molecule has 0 spiro atoms. The zero-order valence-electron chi connectivity index (χ0n) is 16.1. The summed E-state index contributed by atoms with van der Waals surface area (Å²) in [5, 5.41) is -0.0883. The van der Waals surface area contributed by atoms with Crippen molar-refractivity contribution in [3.05, 3.63) is 52.4 Å². The van der Waals surface area contributed by atoms with E-state index in [1.54, 1.807) is 6.07 Å². The predicted octanol–water partition coefficient (Wildman–Crippen LogP) is 4.29. The van der Waals surface area contributed by atoms with E-state index in [9.17, 15) is 14.0 Å². The minimum atomic E-state index is -0.879. The second kappa shape index (κ2) is 7.75. The Morgan fingerprint density at radius 2 is 2.07 bits per heavy atom. The molecule has 1 aliphatic rings. The molecule has 2 aromatic rings. The lowest BCUT2D eigenvalue weighted by Crippen LogP contribution is -2.47. The number of benzene rings is 1. The van der Waals surface area contributed by atoms with Crippen LogP contribution in [-0.4, -0.2) is 36.7 Å². The third kappa shape index (κ3) is 3.80. The number of pyridine rings is 1. The summed E-state index contributed by atoms with van der Waals surface area (Å²) in [6.45, 7) is 5.81. The number of aryl methyl sites for hydroxylation is 1. The molecule has 0 saturated carbocycles. The van der Waals surface area contributed by atoms with Crippen molar-refractivity contribution in [1.82, 2.24) is 4.98 Å². The zero-order valence-corrected chi connectivity index (χ0v) is 16.8. The quantitative estimate of drug-likeness (QED) is 0.761. The molecule has 1 fully saturated rings. The van der Waals surface area contributed by atoms with E-state index in [2.05, 4.69) is 4.98 Å². The van der Waals surface area contributed by atoms with Gasteiger partial charge in [0.25, 0.3) is 5.91 Å². The van der Waals surface area contributed by atoms with Gasteiger partial charge in [-0.1, -0.05) is 25.4 Å². The van der Waals surface area contributed by atoms with Crippen LogP contribution in [0.4, 0.5) is 20.7 Å². The Bertz CT molecular complexity index is 935. The highest BCUT2D eigenvalue weighted by molar-refractivity contribution is 6.31. The number of cyclic esters (lactones) is 1. The summed E-state index contributed by atoms with van der Waals surface area (Å²) in [5.74, 6) is -0.354. The lowest BCUT2D eigenvalue weighted by molar-refractivity contribution is -0.119. The van der Waals surface area contributed by atoms with Crippen molar-refractivity contribution >= 4 is 35.1 Å². The number of rotatable bonds is 4. The van der Waals surface area contributed by atoms with Gasteiger partial charge in [-0.3, -0.25) is 4.79 Å². The Morgan fingerprint density at radius 1 is 1.36 bits per heavy atom. The van der Waals surface area contributed by atoms with Crippen molar-refractivity contribution < 1.29 is 18.7 Å². The first-order valence-corrected chi connectivity index (χ1v) is 9.24. The number of ether oxygens (including phenoxy) is 1. The predicted molar refractivity (Wildman–Crippen MR) is 105 cm³/mol. The normalized spacial score (nSPS) is 16.5. The first kappa shape index (κ1) is 20.1. The van der Waals surface area contributed by atoms with Gasteiger partial charge in [-0.15, -0.1) is 0 Å². The van der Waals surface area contributed by atoms with E-state index >= 15 is 0 Å². The fourth-order valence-corrected chi connectivity index (χ4v) is 3.21. The third-order valence-corrected chi connectivity index (χ3v) is 4.94. The number of amides is 2. The van der Waals surface area contributed by atoms with Gasteiger partial charge in [-0.2, -0.15) is 0 Å². The van der Waals surface area contributed by atoms with Gasteiger partial charge in [-0.25, -0.2) is 19.1 Å². The smallest absolute Gasteiger partial charge is 0.416 e. The van der Waals surface area contributed by atoms with Crippen LogP contribution in [0.15, 0.2) is 30.3 Å². The number of carbonyl (C=O) groups excluding carboxylic acids is 2. The maximum absolute atomic E-state index is 13.4. The van der Waals surface area contributed by atoms with Crippen molar-refractivity contribution in [1.29, 1.82) is 0 Å². The molecule has 1 saturated heterocycles. The summed E-state index contributed by atoms with van der Waals surface area (Å²) >= 11 is 5.82. The second-order valence-corrected chi connectivity index (χ2v) is 7.42. The standard InChI is InChI=1S/C20H21ClFN3O3/c1-11(2)13-7-12(3)23-18(8-13)25-17(10-28-20(25)27)19(26)24(4)14-5-6-16(22)15(21)9-14/h5-9,11,17H,10H2,1-4H3. The fraction of sp³-hybridized carbons (Fsp3) is 0.350. The minimum absolute atomic E-state index is 0.0883. The monoisotopic (exact) mass is 405 g/mol. The van der Waals surface area contributed by atoms with Gasteiger partial charge in [0.05, 0.1) is 5.02 Å². The van der Waals surface area contributed by atoms with Crippen LogP contribution in [0.25, 0.3) is 0 Å². The molecule has 148 valence electrons. The van der Waals surface area contributed by atoms with Crippen molar-refractivity contribution in [2.45, 2.75) is 32.7 Å². The van der Waals surface area contributed by atoms with Gasteiger partial charge in [0, 0.05) is 18.4 Å². The van der Waals surface area contributed by atoms with Crippen molar-refractivity contribution in [2.75, 3.05) is 23.5 Å². The first-order valence-electron chi connectivity index (χ1n) is 8.86. The first-order chi connectivity index (χ1) is 13.2. The van der Waals surface area contributed by atoms with E-state index < -0.39 is 18.0 Å². The van der Waals surface area contributed by atoms with Crippen LogP contribution in [0.5, 0.6) is 0 Å². The molecule has 0 N–H and O–H groups in total. The molecule has 0 aliphatic carbocycles. The Hall–Kier alpha value is -2.67. The largest absolute Gasteiger partial charge is 0.446 e. The number of hydrogen-bond acceptors (Lipinski definition) is 4. The lowest BCUT2D eigenvalue weighted by atomic mass is 10.0. The van der Waals surface area contributed by atoms with Gasteiger partial charge < -0.3 is 9.64 Å². The van der Waals surface area contributed by atoms with E-state index in [0.717, 1.165) is 11.3 Å². The summed E-state index contributed by atoms with van der Waals surface area (Å²) in [7, 11) is 1.54. The summed E-state index contributed by atoms with van der Waals surface area (Å²) in [5.41, 5.74) is 2.16. The molecule has 0 radical (unpaired) electrons. The third-order valence-electron chi connectivity index (χ3n) is 4.65. The topological polar surface area (TPSA) is 62.7 Å². The highest BCUT2D eigenvalue weighted by Gasteiger charge is 2.41. The Balaban J connectivity index is 1.93. The minimum Gasteiger partial charge on any atom is -0.446 e. The number of halogens is 2. The number of anilines is 2. The average molecular weight is 406 g/mol.